The summed E-state index contributed by atoms with van der Waals surface area (Å²) in [5, 5.41) is 11.4. The van der Waals surface area contributed by atoms with Crippen molar-refractivity contribution in [3.05, 3.63) is 45.9 Å². The van der Waals surface area contributed by atoms with Crippen molar-refractivity contribution in [1.29, 1.82) is 0 Å². The van der Waals surface area contributed by atoms with Gasteiger partial charge in [-0.1, -0.05) is 0 Å². The fourth-order valence-corrected chi connectivity index (χ4v) is 3.74. The molecule has 1 aliphatic rings. The number of fused-ring (bicyclic) bond motifs is 1. The number of nitrogens with zero attached hydrogens (tertiary/aromatic N) is 2. The molecule has 0 fully saturated rings. The smallest absolute Gasteiger partial charge is 0.331 e. The number of aromatic nitrogens is 1. The molecule has 2 aromatic heterocycles. The molecular formula is C15H16N2O3S. The molecule has 0 aromatic carbocycles. The summed E-state index contributed by atoms with van der Waals surface area (Å²) in [5.74, 6) is -1.19. The highest BCUT2D eigenvalue weighted by Gasteiger charge is 2.37. The number of amides is 1. The summed E-state index contributed by atoms with van der Waals surface area (Å²) in [7, 11) is 0. The summed E-state index contributed by atoms with van der Waals surface area (Å²) in [6.45, 7) is 3.08. The summed E-state index contributed by atoms with van der Waals surface area (Å²) in [6.07, 6.45) is 2.55. The van der Waals surface area contributed by atoms with Crippen molar-refractivity contribution >= 4 is 23.2 Å². The van der Waals surface area contributed by atoms with Crippen LogP contribution < -0.4 is 0 Å². The number of aryl methyl sites for hydroxylation is 1. The van der Waals surface area contributed by atoms with Gasteiger partial charge < -0.3 is 14.6 Å². The molecule has 3 heterocycles. The van der Waals surface area contributed by atoms with E-state index in [9.17, 15) is 14.7 Å². The maximum atomic E-state index is 12.7. The molecule has 0 radical (unpaired) electrons. The van der Waals surface area contributed by atoms with E-state index in [1.165, 1.54) is 4.90 Å². The van der Waals surface area contributed by atoms with E-state index < -0.39 is 12.0 Å². The summed E-state index contributed by atoms with van der Waals surface area (Å²) < 4.78 is 1.84. The average Bonchev–Trinajstić information content (AvgIpc) is 3.13. The van der Waals surface area contributed by atoms with Gasteiger partial charge in [0.1, 0.15) is 5.69 Å². The third-order valence-corrected chi connectivity index (χ3v) is 4.85. The molecule has 2 aromatic rings. The van der Waals surface area contributed by atoms with E-state index in [-0.39, 0.29) is 5.91 Å². The monoisotopic (exact) mass is 304 g/mol. The first-order valence-corrected chi connectivity index (χ1v) is 7.76. The van der Waals surface area contributed by atoms with Gasteiger partial charge in [-0.3, -0.25) is 4.79 Å². The fraction of sp³-hybridized carbons (Fsp3) is 0.333. The van der Waals surface area contributed by atoms with Crippen molar-refractivity contribution in [2.75, 3.05) is 6.54 Å². The molecule has 0 spiro atoms. The molecule has 0 saturated carbocycles. The third-order valence-electron chi connectivity index (χ3n) is 3.85. The van der Waals surface area contributed by atoms with Crippen LogP contribution in [0.2, 0.25) is 0 Å². The van der Waals surface area contributed by atoms with Crippen molar-refractivity contribution in [3.8, 4) is 0 Å². The summed E-state index contributed by atoms with van der Waals surface area (Å²) in [6, 6.07) is 4.49. The van der Waals surface area contributed by atoms with Crippen LogP contribution in [0.1, 0.15) is 33.9 Å². The zero-order chi connectivity index (χ0) is 15.0. The number of carbonyl (C=O) groups is 2. The molecule has 0 saturated heterocycles. The van der Waals surface area contributed by atoms with Gasteiger partial charge in [-0.25, -0.2) is 4.79 Å². The van der Waals surface area contributed by atoms with E-state index in [2.05, 4.69) is 0 Å². The Balaban J connectivity index is 1.98. The first-order valence-electron chi connectivity index (χ1n) is 6.88. The first kappa shape index (κ1) is 13.9. The minimum Gasteiger partial charge on any atom is -0.479 e. The highest BCUT2D eigenvalue weighted by atomic mass is 32.1. The number of carboxylic acid groups (broad SMARTS) is 1. The van der Waals surface area contributed by atoms with Crippen molar-refractivity contribution in [2.45, 2.75) is 25.9 Å². The van der Waals surface area contributed by atoms with Gasteiger partial charge in [0.15, 0.2) is 6.04 Å². The van der Waals surface area contributed by atoms with Crippen LogP contribution in [0.3, 0.4) is 0 Å². The van der Waals surface area contributed by atoms with Crippen LogP contribution in [0, 0.1) is 0 Å². The van der Waals surface area contributed by atoms with E-state index >= 15 is 0 Å². The predicted molar refractivity (Wildman–Crippen MR) is 79.5 cm³/mol. The molecule has 1 atom stereocenters. The lowest BCUT2D eigenvalue weighted by Crippen LogP contribution is -2.43. The highest BCUT2D eigenvalue weighted by Crippen LogP contribution is 2.34. The minimum atomic E-state index is -0.975. The van der Waals surface area contributed by atoms with Gasteiger partial charge in [0.2, 0.25) is 0 Å². The van der Waals surface area contributed by atoms with Crippen molar-refractivity contribution in [1.82, 2.24) is 9.47 Å². The molecule has 1 unspecified atom stereocenters. The van der Waals surface area contributed by atoms with Crippen LogP contribution in [0.5, 0.6) is 0 Å². The Hall–Kier alpha value is -2.08. The molecule has 3 rings (SSSR count). The first-order chi connectivity index (χ1) is 10.1. The van der Waals surface area contributed by atoms with Crippen molar-refractivity contribution < 1.29 is 14.7 Å². The third kappa shape index (κ3) is 2.25. The fourth-order valence-electron chi connectivity index (χ4n) is 2.83. The zero-order valence-electron chi connectivity index (χ0n) is 11.7. The van der Waals surface area contributed by atoms with Gasteiger partial charge in [0.25, 0.3) is 5.91 Å². The Morgan fingerprint density at radius 3 is 2.95 bits per heavy atom. The van der Waals surface area contributed by atoms with Crippen molar-refractivity contribution in [3.63, 3.8) is 0 Å². The number of hydrogen-bond acceptors (Lipinski definition) is 3. The Kier molecular flexibility index (Phi) is 3.55. The lowest BCUT2D eigenvalue weighted by Gasteiger charge is -2.33. The summed E-state index contributed by atoms with van der Waals surface area (Å²) >= 11 is 1.56. The number of rotatable bonds is 3. The van der Waals surface area contributed by atoms with Gasteiger partial charge in [-0.15, -0.1) is 11.3 Å². The van der Waals surface area contributed by atoms with Gasteiger partial charge >= 0.3 is 5.97 Å². The van der Waals surface area contributed by atoms with E-state index in [1.54, 1.807) is 17.4 Å². The Bertz CT molecular complexity index is 689. The number of carboxylic acids is 1. The number of carbonyl (C=O) groups excluding carboxylic acids is 1. The molecule has 21 heavy (non-hydrogen) atoms. The summed E-state index contributed by atoms with van der Waals surface area (Å²) in [5.41, 5.74) is 1.30. The topological polar surface area (TPSA) is 62.5 Å². The molecule has 1 amide bonds. The van der Waals surface area contributed by atoms with Gasteiger partial charge in [-0.05, 0) is 42.5 Å². The minimum absolute atomic E-state index is 0.217. The largest absolute Gasteiger partial charge is 0.479 e. The van der Waals surface area contributed by atoms with Gasteiger partial charge in [-0.2, -0.15) is 0 Å². The molecule has 0 aliphatic carbocycles. The Morgan fingerprint density at radius 1 is 1.43 bits per heavy atom. The lowest BCUT2D eigenvalue weighted by molar-refractivity contribution is -0.143. The number of hydrogen-bond donors (Lipinski definition) is 1. The number of aliphatic carboxylic acids is 1. The molecule has 1 N–H and O–H groups in total. The molecule has 5 nitrogen and oxygen atoms in total. The zero-order valence-corrected chi connectivity index (χ0v) is 12.5. The Morgan fingerprint density at radius 2 is 2.24 bits per heavy atom. The molecule has 0 bridgehead atoms. The second kappa shape index (κ2) is 5.37. The van der Waals surface area contributed by atoms with E-state index in [0.29, 0.717) is 18.8 Å². The van der Waals surface area contributed by atoms with E-state index in [1.807, 2.05) is 35.2 Å². The van der Waals surface area contributed by atoms with Crippen LogP contribution in [0.15, 0.2) is 29.8 Å². The molecule has 6 heteroatoms. The van der Waals surface area contributed by atoms with Crippen LogP contribution in [0.4, 0.5) is 0 Å². The standard InChI is InChI=1S/C15H16N2O3S/c1-2-16-7-3-4-11(16)14(18)17-8-5-12-10(6-9-21-12)13(17)15(19)20/h3-4,6-7,9,13H,2,5,8H2,1H3,(H,19,20). The van der Waals surface area contributed by atoms with Crippen LogP contribution in [-0.2, 0) is 17.8 Å². The Labute approximate surface area is 126 Å². The maximum absolute atomic E-state index is 12.7. The van der Waals surface area contributed by atoms with Crippen LogP contribution in [-0.4, -0.2) is 33.0 Å². The van der Waals surface area contributed by atoms with Gasteiger partial charge in [0.05, 0.1) is 0 Å². The lowest BCUT2D eigenvalue weighted by atomic mass is 9.99. The quantitative estimate of drug-likeness (QED) is 0.947. The van der Waals surface area contributed by atoms with Crippen LogP contribution >= 0.6 is 11.3 Å². The highest BCUT2D eigenvalue weighted by molar-refractivity contribution is 7.10. The van der Waals surface area contributed by atoms with Crippen molar-refractivity contribution in [2.24, 2.45) is 0 Å². The predicted octanol–water partition coefficient (Wildman–Crippen LogP) is 2.39. The maximum Gasteiger partial charge on any atom is 0.331 e. The second-order valence-corrected chi connectivity index (χ2v) is 5.97. The summed E-state index contributed by atoms with van der Waals surface area (Å²) in [4.78, 5) is 26.9. The number of thiophene rings is 1. The molecular weight excluding hydrogens is 288 g/mol. The van der Waals surface area contributed by atoms with Gasteiger partial charge in [0, 0.05) is 24.2 Å². The SMILES string of the molecule is CCn1cccc1C(=O)N1CCc2sccc2C1C(=O)O. The average molecular weight is 304 g/mol. The van der Waals surface area contributed by atoms with E-state index in [0.717, 1.165) is 16.9 Å². The molecule has 1 aliphatic heterocycles. The normalized spacial score (nSPS) is 17.6. The second-order valence-electron chi connectivity index (χ2n) is 4.97. The molecule has 110 valence electrons. The van der Waals surface area contributed by atoms with Crippen LogP contribution in [0.25, 0.3) is 0 Å². The van der Waals surface area contributed by atoms with E-state index in [4.69, 9.17) is 0 Å².